The van der Waals surface area contributed by atoms with Crippen LogP contribution in [0.3, 0.4) is 0 Å². The first-order valence-electron chi connectivity index (χ1n) is 13.0. The van der Waals surface area contributed by atoms with E-state index in [9.17, 15) is 29.9 Å². The summed E-state index contributed by atoms with van der Waals surface area (Å²) < 4.78 is 37.3. The number of anilines is 1. The van der Waals surface area contributed by atoms with Crippen LogP contribution >= 0.6 is 7.75 Å². The molecule has 1 unspecified atom stereocenters. The topological polar surface area (TPSA) is 233 Å². The van der Waals surface area contributed by atoms with Crippen LogP contribution in [-0.4, -0.2) is 62.9 Å². The Morgan fingerprint density at radius 1 is 1.23 bits per heavy atom. The molecule has 1 aliphatic rings. The van der Waals surface area contributed by atoms with E-state index in [1.165, 1.54) is 18.2 Å². The van der Waals surface area contributed by atoms with Crippen molar-refractivity contribution in [1.82, 2.24) is 14.6 Å². The van der Waals surface area contributed by atoms with E-state index in [1.54, 1.807) is 55.5 Å². The van der Waals surface area contributed by atoms with Gasteiger partial charge in [0.1, 0.15) is 29.8 Å². The third-order valence-electron chi connectivity index (χ3n) is 6.32. The number of esters is 1. The number of nitrogens with one attached hydrogen (secondary N) is 1. The summed E-state index contributed by atoms with van der Waals surface area (Å²) in [4.78, 5) is 31.6. The van der Waals surface area contributed by atoms with Gasteiger partial charge in [-0.15, -0.1) is 0 Å². The molecule has 0 radical (unpaired) electrons. The van der Waals surface area contributed by atoms with Gasteiger partial charge in [-0.05, 0) is 42.6 Å². The average Bonchev–Trinajstić information content (AvgIpc) is 3.22. The molecule has 0 spiro atoms. The van der Waals surface area contributed by atoms with E-state index in [4.69, 9.17) is 24.3 Å². The molecule has 2 heterocycles. The highest BCUT2D eigenvalue weighted by molar-refractivity contribution is 7.52. The average molecular weight is 616 g/mol. The lowest BCUT2D eigenvalue weighted by atomic mass is 10.1. The van der Waals surface area contributed by atoms with Crippen LogP contribution in [0, 0.1) is 0 Å². The number of benzene rings is 2. The number of rotatable bonds is 13. The highest BCUT2D eigenvalue weighted by Gasteiger charge is 2.56. The zero-order chi connectivity index (χ0) is 31.0. The van der Waals surface area contributed by atoms with Crippen LogP contribution in [0.1, 0.15) is 18.7 Å². The number of aliphatic hydroxyl groups excluding tert-OH is 2. The second kappa shape index (κ2) is 13.8. The number of hydrogen-bond donors (Lipinski definition) is 4. The second-order valence-corrected chi connectivity index (χ2v) is 11.0. The molecule has 3 aromatic rings. The maximum absolute atomic E-state index is 14.2. The molecule has 4 rings (SSSR count). The van der Waals surface area contributed by atoms with Crippen molar-refractivity contribution >= 4 is 19.5 Å². The number of carbonyl (C=O) groups excluding carboxylic acids is 1. The molecular weight excluding hydrogens is 585 g/mol. The van der Waals surface area contributed by atoms with Crippen molar-refractivity contribution in [2.75, 3.05) is 18.9 Å². The molecule has 43 heavy (non-hydrogen) atoms. The number of aliphatic hydroxyl groups is 2. The summed E-state index contributed by atoms with van der Waals surface area (Å²) in [5, 5.41) is 27.8. The second-order valence-electron chi connectivity index (χ2n) is 9.32. The van der Waals surface area contributed by atoms with Gasteiger partial charge in [0, 0.05) is 11.1 Å². The highest BCUT2D eigenvalue weighted by atomic mass is 31.2. The Balaban J connectivity index is 1.66. The molecule has 6 atom stereocenters. The summed E-state index contributed by atoms with van der Waals surface area (Å²) in [5.74, 6) is -0.765. The van der Waals surface area contributed by atoms with E-state index in [-0.39, 0.29) is 24.6 Å². The molecule has 1 aromatic heterocycles. The van der Waals surface area contributed by atoms with Crippen LogP contribution in [0.15, 0.2) is 82.8 Å². The Morgan fingerprint density at radius 2 is 1.91 bits per heavy atom. The van der Waals surface area contributed by atoms with Gasteiger partial charge in [0.05, 0.1) is 13.2 Å². The van der Waals surface area contributed by atoms with Crippen LogP contribution < -0.4 is 21.0 Å². The number of ether oxygens (including phenoxy) is 2. The first-order chi connectivity index (χ1) is 20.6. The number of azide groups is 1. The summed E-state index contributed by atoms with van der Waals surface area (Å²) in [7, 11) is -4.59. The summed E-state index contributed by atoms with van der Waals surface area (Å²) in [6.07, 6.45) is -4.22. The molecule has 0 aliphatic carbocycles. The van der Waals surface area contributed by atoms with Gasteiger partial charge in [0.2, 0.25) is 5.72 Å². The van der Waals surface area contributed by atoms with Gasteiger partial charge in [0.15, 0.2) is 6.23 Å². The van der Waals surface area contributed by atoms with Crippen molar-refractivity contribution in [3.8, 4) is 5.75 Å². The Hall–Kier alpha value is -4.27. The van der Waals surface area contributed by atoms with Gasteiger partial charge < -0.3 is 29.9 Å². The standard InChI is InChI=1S/C26H30N7O9P/c1-2-39-24(36)19(15-17-9-5-3-6-10-17)30-43(38,42-18-11-7-4-8-12-18)40-16-26(31-32-28)22(35)21(34)23(41-26)33-14-13-20(27)29-25(33)37/h3-14,19,21-23,34-35H,2,15-16H2,1H3,(H,30,38)(H2,27,29,37)/t19-,21+,22-,23+,26+,43?/m0/s1. The van der Waals surface area contributed by atoms with Crippen LogP contribution in [0.25, 0.3) is 10.4 Å². The van der Waals surface area contributed by atoms with Gasteiger partial charge in [-0.3, -0.25) is 13.9 Å². The molecule has 1 saturated heterocycles. The van der Waals surface area contributed by atoms with Gasteiger partial charge in [-0.2, -0.15) is 10.1 Å². The minimum absolute atomic E-state index is 0.0274. The Kier molecular flexibility index (Phi) is 10.2. The van der Waals surface area contributed by atoms with Crippen LogP contribution in [0.4, 0.5) is 5.82 Å². The van der Waals surface area contributed by atoms with Gasteiger partial charge in [-0.1, -0.05) is 53.6 Å². The van der Waals surface area contributed by atoms with E-state index in [1.807, 2.05) is 0 Å². The summed E-state index contributed by atoms with van der Waals surface area (Å²) in [6.45, 7) is 0.691. The number of nitrogens with zero attached hydrogens (tertiary/aromatic N) is 5. The van der Waals surface area contributed by atoms with Crippen LogP contribution in [0.2, 0.25) is 0 Å². The van der Waals surface area contributed by atoms with Crippen molar-refractivity contribution in [1.29, 1.82) is 0 Å². The monoisotopic (exact) mass is 615 g/mol. The molecule has 16 nitrogen and oxygen atoms in total. The fourth-order valence-corrected chi connectivity index (χ4v) is 5.78. The van der Waals surface area contributed by atoms with E-state index >= 15 is 0 Å². The lowest BCUT2D eigenvalue weighted by Gasteiger charge is -2.30. The van der Waals surface area contributed by atoms with E-state index < -0.39 is 56.2 Å². The largest absolute Gasteiger partial charge is 0.465 e. The predicted molar refractivity (Wildman–Crippen MR) is 151 cm³/mol. The van der Waals surface area contributed by atoms with Crippen molar-refractivity contribution in [2.45, 2.75) is 43.5 Å². The SMILES string of the molecule is CCOC(=O)[C@H](Cc1ccccc1)NP(=O)(OC[C@@]1(N=[N+]=[N-])O[C@@H](n2ccc(N)nc2=O)[C@H](O)[C@@H]1O)Oc1ccccc1. The number of nitrogen functional groups attached to an aromatic ring is 1. The molecule has 1 aliphatic heterocycles. The number of para-hydroxylation sites is 1. The number of nitrogens with two attached hydrogens (primary N) is 1. The zero-order valence-electron chi connectivity index (χ0n) is 22.9. The first-order valence-corrected chi connectivity index (χ1v) is 14.6. The lowest BCUT2D eigenvalue weighted by Crippen LogP contribution is -2.46. The van der Waals surface area contributed by atoms with Gasteiger partial charge >= 0.3 is 19.4 Å². The Morgan fingerprint density at radius 3 is 2.53 bits per heavy atom. The number of hydrogen-bond acceptors (Lipinski definition) is 12. The molecule has 0 bridgehead atoms. The maximum Gasteiger partial charge on any atom is 0.459 e. The molecule has 2 aromatic carbocycles. The predicted octanol–water partition coefficient (Wildman–Crippen LogP) is 2.05. The maximum atomic E-state index is 14.2. The number of aromatic nitrogens is 2. The molecule has 17 heteroatoms. The van der Waals surface area contributed by atoms with Crippen LogP contribution in [0.5, 0.6) is 5.75 Å². The first kappa shape index (κ1) is 31.7. The fourth-order valence-electron chi connectivity index (χ4n) is 4.27. The third-order valence-corrected chi connectivity index (χ3v) is 7.87. The lowest BCUT2D eigenvalue weighted by molar-refractivity contribution is -0.145. The zero-order valence-corrected chi connectivity index (χ0v) is 23.8. The summed E-state index contributed by atoms with van der Waals surface area (Å²) >= 11 is 0. The highest BCUT2D eigenvalue weighted by Crippen LogP contribution is 2.48. The number of carbonyl (C=O) groups is 1. The normalized spacial score (nSPS) is 23.5. The summed E-state index contributed by atoms with van der Waals surface area (Å²) in [5.41, 5.74) is 12.2. The third kappa shape index (κ3) is 7.58. The molecule has 5 N–H and O–H groups in total. The van der Waals surface area contributed by atoms with Crippen molar-refractivity contribution in [3.63, 3.8) is 0 Å². The van der Waals surface area contributed by atoms with Crippen LogP contribution in [-0.2, 0) is 29.8 Å². The van der Waals surface area contributed by atoms with Gasteiger partial charge in [0.25, 0.3) is 0 Å². The van der Waals surface area contributed by atoms with Crippen molar-refractivity contribution in [3.05, 3.63) is 99.4 Å². The smallest absolute Gasteiger partial charge is 0.459 e. The van der Waals surface area contributed by atoms with E-state index in [0.717, 1.165) is 10.8 Å². The molecule has 0 amide bonds. The fraction of sp³-hybridized carbons (Fsp3) is 0.346. The van der Waals surface area contributed by atoms with E-state index in [2.05, 4.69) is 20.1 Å². The van der Waals surface area contributed by atoms with Crippen molar-refractivity contribution < 1.29 is 38.1 Å². The Bertz CT molecular complexity index is 1560. The van der Waals surface area contributed by atoms with E-state index in [0.29, 0.717) is 5.56 Å². The molecule has 0 saturated carbocycles. The minimum atomic E-state index is -4.59. The summed E-state index contributed by atoms with van der Waals surface area (Å²) in [6, 6.07) is 16.7. The molecule has 1 fully saturated rings. The minimum Gasteiger partial charge on any atom is -0.465 e. The van der Waals surface area contributed by atoms with Gasteiger partial charge in [-0.25, -0.2) is 9.36 Å². The van der Waals surface area contributed by atoms with Crippen molar-refractivity contribution in [2.24, 2.45) is 5.11 Å². The molecule has 228 valence electrons. The molecular formula is C26H30N7O9P. The quantitative estimate of drug-likeness (QED) is 0.0711. The Labute approximate surface area is 245 Å².